The van der Waals surface area contributed by atoms with Crippen LogP contribution in [0.3, 0.4) is 0 Å². The quantitative estimate of drug-likeness (QED) is 0.614. The van der Waals surface area contributed by atoms with Gasteiger partial charge in [-0.2, -0.15) is 10.5 Å². The van der Waals surface area contributed by atoms with E-state index < -0.39 is 11.9 Å². The molecule has 0 aliphatic rings. The summed E-state index contributed by atoms with van der Waals surface area (Å²) in [5, 5.41) is 17.6. The molecule has 8 heteroatoms. The van der Waals surface area contributed by atoms with Gasteiger partial charge >= 0.3 is 11.9 Å². The SMILES string of the molecule is CC(=O)Oc1c(Cl)c(Cl)c(OC(C)=O)c(C#N)c1C#N. The monoisotopic (exact) mass is 312 g/mol. The molecule has 0 bridgehead atoms. The van der Waals surface area contributed by atoms with Crippen molar-refractivity contribution >= 4 is 35.1 Å². The predicted octanol–water partition coefficient (Wildman–Crippen LogP) is 2.59. The van der Waals surface area contributed by atoms with Crippen LogP contribution in [0.1, 0.15) is 25.0 Å². The Kier molecular flexibility index (Phi) is 4.93. The Morgan fingerprint density at radius 2 is 1.20 bits per heavy atom. The predicted molar refractivity (Wildman–Crippen MR) is 68.5 cm³/mol. The molecule has 0 saturated heterocycles. The number of hydrogen-bond donors (Lipinski definition) is 0. The van der Waals surface area contributed by atoms with Crippen LogP contribution in [0.2, 0.25) is 10.0 Å². The van der Waals surface area contributed by atoms with Gasteiger partial charge < -0.3 is 9.47 Å². The molecule has 0 unspecified atom stereocenters. The molecule has 1 rings (SSSR count). The molecule has 1 aromatic rings. The Hall–Kier alpha value is -2.28. The van der Waals surface area contributed by atoms with Crippen LogP contribution in [0.15, 0.2) is 0 Å². The first-order valence-electron chi connectivity index (χ1n) is 5.05. The topological polar surface area (TPSA) is 100 Å². The van der Waals surface area contributed by atoms with E-state index in [2.05, 4.69) is 0 Å². The fourth-order valence-corrected chi connectivity index (χ4v) is 1.78. The molecule has 0 saturated carbocycles. The van der Waals surface area contributed by atoms with E-state index in [-0.39, 0.29) is 32.7 Å². The van der Waals surface area contributed by atoms with Crippen molar-refractivity contribution in [2.24, 2.45) is 0 Å². The Morgan fingerprint density at radius 3 is 1.40 bits per heavy atom. The van der Waals surface area contributed by atoms with Crippen molar-refractivity contribution in [3.63, 3.8) is 0 Å². The van der Waals surface area contributed by atoms with Crippen LogP contribution in [0, 0.1) is 22.7 Å². The fraction of sp³-hybridized carbons (Fsp3) is 0.167. The minimum absolute atomic E-state index is 0.298. The number of rotatable bonds is 2. The average Bonchev–Trinajstić information content (AvgIpc) is 2.37. The van der Waals surface area contributed by atoms with E-state index in [1.54, 1.807) is 12.1 Å². The Morgan fingerprint density at radius 1 is 0.900 bits per heavy atom. The minimum atomic E-state index is -0.747. The first kappa shape index (κ1) is 15.8. The summed E-state index contributed by atoms with van der Waals surface area (Å²) in [7, 11) is 0. The molecule has 102 valence electrons. The highest BCUT2D eigenvalue weighted by molar-refractivity contribution is 6.44. The summed E-state index contributed by atoms with van der Waals surface area (Å²) in [6.07, 6.45) is 0. The Balaban J connectivity index is 3.73. The molecule has 0 amide bonds. The highest BCUT2D eigenvalue weighted by Gasteiger charge is 2.26. The molecule has 0 aliphatic heterocycles. The molecule has 1 aromatic carbocycles. The normalized spacial score (nSPS) is 9.30. The number of carbonyl (C=O) groups excluding carboxylic acids is 2. The van der Waals surface area contributed by atoms with Gasteiger partial charge in [0.1, 0.15) is 33.3 Å². The van der Waals surface area contributed by atoms with Gasteiger partial charge in [-0.15, -0.1) is 0 Å². The largest absolute Gasteiger partial charge is 0.424 e. The summed E-state index contributed by atoms with van der Waals surface area (Å²) >= 11 is 11.8. The third-order valence-corrected chi connectivity index (χ3v) is 2.83. The number of benzene rings is 1. The van der Waals surface area contributed by atoms with E-state index in [0.717, 1.165) is 13.8 Å². The standard InChI is InChI=1S/C12H6Cl2N2O4/c1-5(17)19-11-7(3-15)8(4-16)12(20-6(2)18)10(14)9(11)13/h1-2H3. The number of hydrogen-bond acceptors (Lipinski definition) is 6. The lowest BCUT2D eigenvalue weighted by Crippen LogP contribution is -2.09. The second-order valence-electron chi connectivity index (χ2n) is 3.45. The summed E-state index contributed by atoms with van der Waals surface area (Å²) in [4.78, 5) is 22.0. The van der Waals surface area contributed by atoms with Crippen molar-refractivity contribution in [3.05, 3.63) is 21.2 Å². The van der Waals surface area contributed by atoms with Crippen molar-refractivity contribution < 1.29 is 19.1 Å². The third-order valence-electron chi connectivity index (χ3n) is 2.01. The molecule has 0 heterocycles. The number of carbonyl (C=O) groups is 2. The lowest BCUT2D eigenvalue weighted by atomic mass is 10.1. The van der Waals surface area contributed by atoms with E-state index in [0.29, 0.717) is 0 Å². The lowest BCUT2D eigenvalue weighted by molar-refractivity contribution is -0.133. The summed E-state index contributed by atoms with van der Waals surface area (Å²) in [5.74, 6) is -2.19. The molecule has 0 atom stereocenters. The zero-order chi connectivity index (χ0) is 15.4. The number of halogens is 2. The maximum absolute atomic E-state index is 11.0. The van der Waals surface area contributed by atoms with Crippen molar-refractivity contribution in [2.45, 2.75) is 13.8 Å². The van der Waals surface area contributed by atoms with Crippen molar-refractivity contribution in [3.8, 4) is 23.6 Å². The molecule has 20 heavy (non-hydrogen) atoms. The third kappa shape index (κ3) is 3.00. The maximum atomic E-state index is 11.0. The lowest BCUT2D eigenvalue weighted by Gasteiger charge is -2.13. The first-order chi connectivity index (χ1) is 9.33. The van der Waals surface area contributed by atoms with Crippen LogP contribution >= 0.6 is 23.2 Å². The number of nitriles is 2. The Labute approximate surface area is 124 Å². The zero-order valence-corrected chi connectivity index (χ0v) is 11.8. The second-order valence-corrected chi connectivity index (χ2v) is 4.20. The smallest absolute Gasteiger partial charge is 0.308 e. The fourth-order valence-electron chi connectivity index (χ4n) is 1.34. The maximum Gasteiger partial charge on any atom is 0.308 e. The number of esters is 2. The van der Waals surface area contributed by atoms with Crippen LogP contribution in [-0.2, 0) is 9.59 Å². The number of nitrogens with zero attached hydrogens (tertiary/aromatic N) is 2. The molecule has 0 N–H and O–H groups in total. The van der Waals surface area contributed by atoms with Crippen molar-refractivity contribution in [1.29, 1.82) is 10.5 Å². The highest BCUT2D eigenvalue weighted by Crippen LogP contribution is 2.44. The van der Waals surface area contributed by atoms with Crippen LogP contribution in [0.4, 0.5) is 0 Å². The Bertz CT molecular complexity index is 627. The van der Waals surface area contributed by atoms with E-state index in [4.69, 9.17) is 43.2 Å². The van der Waals surface area contributed by atoms with Crippen LogP contribution in [-0.4, -0.2) is 11.9 Å². The second kappa shape index (κ2) is 6.25. The van der Waals surface area contributed by atoms with Gasteiger partial charge in [0.25, 0.3) is 0 Å². The summed E-state index contributed by atoms with van der Waals surface area (Å²) in [6, 6.07) is 3.34. The molecule has 0 radical (unpaired) electrons. The van der Waals surface area contributed by atoms with Gasteiger partial charge in [0.2, 0.25) is 0 Å². The first-order valence-corrected chi connectivity index (χ1v) is 5.81. The number of ether oxygens (including phenoxy) is 2. The zero-order valence-electron chi connectivity index (χ0n) is 10.3. The van der Waals surface area contributed by atoms with E-state index >= 15 is 0 Å². The minimum Gasteiger partial charge on any atom is -0.424 e. The molecule has 0 fully saturated rings. The van der Waals surface area contributed by atoms with Crippen LogP contribution < -0.4 is 9.47 Å². The van der Waals surface area contributed by atoms with Crippen molar-refractivity contribution in [1.82, 2.24) is 0 Å². The highest BCUT2D eigenvalue weighted by atomic mass is 35.5. The average molecular weight is 313 g/mol. The van der Waals surface area contributed by atoms with Gasteiger partial charge in [-0.05, 0) is 0 Å². The summed E-state index contributed by atoms with van der Waals surface area (Å²) in [6.45, 7) is 2.19. The van der Waals surface area contributed by atoms with Gasteiger partial charge in [0, 0.05) is 13.8 Å². The van der Waals surface area contributed by atoms with Gasteiger partial charge in [-0.3, -0.25) is 9.59 Å². The van der Waals surface area contributed by atoms with E-state index in [1.807, 2.05) is 0 Å². The van der Waals surface area contributed by atoms with Gasteiger partial charge in [0.05, 0.1) is 0 Å². The summed E-state index contributed by atoms with van der Waals surface area (Å²) in [5.41, 5.74) is -0.679. The molecule has 0 aromatic heterocycles. The van der Waals surface area contributed by atoms with Crippen LogP contribution in [0.5, 0.6) is 11.5 Å². The van der Waals surface area contributed by atoms with Crippen molar-refractivity contribution in [2.75, 3.05) is 0 Å². The van der Waals surface area contributed by atoms with E-state index in [1.165, 1.54) is 0 Å². The molecule has 0 aliphatic carbocycles. The summed E-state index contributed by atoms with van der Waals surface area (Å²) < 4.78 is 9.56. The van der Waals surface area contributed by atoms with E-state index in [9.17, 15) is 9.59 Å². The van der Waals surface area contributed by atoms with Gasteiger partial charge in [0.15, 0.2) is 11.5 Å². The molecular weight excluding hydrogens is 307 g/mol. The van der Waals surface area contributed by atoms with Gasteiger partial charge in [-0.25, -0.2) is 0 Å². The molecule has 0 spiro atoms. The van der Waals surface area contributed by atoms with Gasteiger partial charge in [-0.1, -0.05) is 23.2 Å². The van der Waals surface area contributed by atoms with Crippen LogP contribution in [0.25, 0.3) is 0 Å². The molecule has 6 nitrogen and oxygen atoms in total. The molecular formula is C12H6Cl2N2O4.